The number of esters is 1. The standard InChI is InChI=1S/C25H24N4O3S/c1-15(2)21-10-9-20-24(28-21)26-14-27-25(20)29-22-12-17(13-32-16(3)30)4-11-23(22)33-19-7-5-18(31)6-8-19/h4-12,14-15,31H,13H2,1-3H3,(H,26,27,28,29). The van der Waals surface area contributed by atoms with Crippen molar-refractivity contribution in [1.82, 2.24) is 15.0 Å². The topological polar surface area (TPSA) is 97.2 Å². The number of benzene rings is 2. The molecule has 0 spiro atoms. The molecule has 0 aliphatic rings. The molecule has 168 valence electrons. The Morgan fingerprint density at radius 1 is 1.09 bits per heavy atom. The molecule has 0 saturated heterocycles. The van der Waals surface area contributed by atoms with Gasteiger partial charge in [0.15, 0.2) is 5.65 Å². The second kappa shape index (κ2) is 9.87. The largest absolute Gasteiger partial charge is 0.508 e. The summed E-state index contributed by atoms with van der Waals surface area (Å²) in [4.78, 5) is 26.6. The molecule has 4 rings (SSSR count). The molecule has 7 nitrogen and oxygen atoms in total. The van der Waals surface area contributed by atoms with Gasteiger partial charge in [-0.05, 0) is 60.0 Å². The van der Waals surface area contributed by atoms with E-state index in [4.69, 9.17) is 4.74 Å². The number of anilines is 2. The van der Waals surface area contributed by atoms with Crippen molar-refractivity contribution in [2.45, 2.75) is 43.1 Å². The van der Waals surface area contributed by atoms with Crippen LogP contribution in [-0.4, -0.2) is 26.0 Å². The summed E-state index contributed by atoms with van der Waals surface area (Å²) in [7, 11) is 0. The molecule has 2 aromatic carbocycles. The summed E-state index contributed by atoms with van der Waals surface area (Å²) in [6, 6.07) is 16.8. The molecule has 33 heavy (non-hydrogen) atoms. The van der Waals surface area contributed by atoms with Gasteiger partial charge < -0.3 is 15.2 Å². The second-order valence-corrected chi connectivity index (χ2v) is 8.93. The van der Waals surface area contributed by atoms with Crippen molar-refractivity contribution in [3.05, 3.63) is 72.2 Å². The molecular weight excluding hydrogens is 436 g/mol. The molecule has 0 saturated carbocycles. The van der Waals surface area contributed by atoms with Crippen molar-refractivity contribution in [2.24, 2.45) is 0 Å². The number of rotatable bonds is 7. The summed E-state index contributed by atoms with van der Waals surface area (Å²) in [5, 5.41) is 13.8. The normalized spacial score (nSPS) is 11.0. The number of pyridine rings is 1. The zero-order valence-corrected chi connectivity index (χ0v) is 19.4. The van der Waals surface area contributed by atoms with E-state index in [-0.39, 0.29) is 18.3 Å². The number of aromatic hydroxyl groups is 1. The number of hydrogen-bond acceptors (Lipinski definition) is 8. The van der Waals surface area contributed by atoms with Crippen LogP contribution in [0.3, 0.4) is 0 Å². The minimum Gasteiger partial charge on any atom is -0.508 e. The fourth-order valence-electron chi connectivity index (χ4n) is 3.19. The quantitative estimate of drug-likeness (QED) is 0.333. The van der Waals surface area contributed by atoms with Crippen LogP contribution in [0.2, 0.25) is 0 Å². The van der Waals surface area contributed by atoms with Gasteiger partial charge in [0.1, 0.15) is 24.5 Å². The molecule has 0 unspecified atom stereocenters. The number of ether oxygens (including phenoxy) is 1. The van der Waals surface area contributed by atoms with Gasteiger partial charge in [0.25, 0.3) is 0 Å². The summed E-state index contributed by atoms with van der Waals surface area (Å²) in [5.74, 6) is 0.822. The van der Waals surface area contributed by atoms with Gasteiger partial charge in [-0.1, -0.05) is 31.7 Å². The summed E-state index contributed by atoms with van der Waals surface area (Å²) in [6.07, 6.45) is 1.50. The zero-order chi connectivity index (χ0) is 23.4. The van der Waals surface area contributed by atoms with E-state index in [2.05, 4.69) is 34.1 Å². The molecule has 0 fully saturated rings. The number of carbonyl (C=O) groups excluding carboxylic acids is 1. The van der Waals surface area contributed by atoms with Crippen LogP contribution in [0.15, 0.2) is 70.7 Å². The van der Waals surface area contributed by atoms with E-state index in [9.17, 15) is 9.90 Å². The van der Waals surface area contributed by atoms with E-state index >= 15 is 0 Å². The van der Waals surface area contributed by atoms with Crippen molar-refractivity contribution < 1.29 is 14.6 Å². The fourth-order valence-corrected chi connectivity index (χ4v) is 4.07. The maximum Gasteiger partial charge on any atom is 0.302 e. The third kappa shape index (κ3) is 5.59. The number of carbonyl (C=O) groups is 1. The first-order chi connectivity index (χ1) is 15.9. The Morgan fingerprint density at radius 3 is 2.61 bits per heavy atom. The number of hydrogen-bond donors (Lipinski definition) is 2. The van der Waals surface area contributed by atoms with E-state index in [0.29, 0.717) is 17.4 Å². The number of aromatic nitrogens is 3. The summed E-state index contributed by atoms with van der Waals surface area (Å²) in [6.45, 7) is 5.75. The highest BCUT2D eigenvalue weighted by atomic mass is 32.2. The SMILES string of the molecule is CC(=O)OCc1ccc(Sc2ccc(O)cc2)c(Nc2ncnc3nc(C(C)C)ccc23)c1. The Kier molecular flexibility index (Phi) is 6.74. The van der Waals surface area contributed by atoms with E-state index < -0.39 is 0 Å². The molecule has 2 heterocycles. The number of phenolic OH excluding ortho intramolecular Hbond substituents is 1. The molecule has 0 bridgehead atoms. The van der Waals surface area contributed by atoms with Gasteiger partial charge in [-0.15, -0.1) is 0 Å². The number of phenols is 1. The summed E-state index contributed by atoms with van der Waals surface area (Å²) < 4.78 is 5.17. The first kappa shape index (κ1) is 22.5. The van der Waals surface area contributed by atoms with Crippen LogP contribution in [0.25, 0.3) is 11.0 Å². The van der Waals surface area contributed by atoms with Gasteiger partial charge in [-0.2, -0.15) is 0 Å². The lowest BCUT2D eigenvalue weighted by Gasteiger charge is -2.15. The molecule has 0 radical (unpaired) electrons. The van der Waals surface area contributed by atoms with E-state index in [1.807, 2.05) is 42.5 Å². The Balaban J connectivity index is 1.71. The van der Waals surface area contributed by atoms with Crippen molar-refractivity contribution >= 4 is 40.3 Å². The molecule has 0 atom stereocenters. The van der Waals surface area contributed by atoms with Crippen molar-refractivity contribution in [3.8, 4) is 5.75 Å². The van der Waals surface area contributed by atoms with Gasteiger partial charge in [0, 0.05) is 22.4 Å². The number of nitrogens with one attached hydrogen (secondary N) is 1. The highest BCUT2D eigenvalue weighted by molar-refractivity contribution is 7.99. The number of fused-ring (bicyclic) bond motifs is 1. The van der Waals surface area contributed by atoms with Gasteiger partial charge >= 0.3 is 5.97 Å². The van der Waals surface area contributed by atoms with Crippen LogP contribution in [0.5, 0.6) is 5.75 Å². The van der Waals surface area contributed by atoms with E-state index in [0.717, 1.165) is 32.1 Å². The van der Waals surface area contributed by atoms with Crippen LogP contribution in [0.1, 0.15) is 37.9 Å². The maximum absolute atomic E-state index is 11.3. The fraction of sp³-hybridized carbons (Fsp3) is 0.200. The zero-order valence-electron chi connectivity index (χ0n) is 18.6. The highest BCUT2D eigenvalue weighted by Crippen LogP contribution is 2.37. The summed E-state index contributed by atoms with van der Waals surface area (Å²) >= 11 is 1.55. The lowest BCUT2D eigenvalue weighted by Crippen LogP contribution is -2.02. The first-order valence-electron chi connectivity index (χ1n) is 10.5. The van der Waals surface area contributed by atoms with Gasteiger partial charge in [-0.25, -0.2) is 15.0 Å². The molecule has 4 aromatic rings. The first-order valence-corrected chi connectivity index (χ1v) is 11.3. The molecule has 2 aromatic heterocycles. The van der Waals surface area contributed by atoms with E-state index in [1.54, 1.807) is 23.9 Å². The molecule has 0 amide bonds. The molecule has 8 heteroatoms. The predicted molar refractivity (Wildman–Crippen MR) is 129 cm³/mol. The van der Waals surface area contributed by atoms with Crippen LogP contribution in [0.4, 0.5) is 11.5 Å². The van der Waals surface area contributed by atoms with Crippen LogP contribution >= 0.6 is 11.8 Å². The minimum absolute atomic E-state index is 0.179. The molecule has 2 N–H and O–H groups in total. The Bertz CT molecular complexity index is 1290. The lowest BCUT2D eigenvalue weighted by molar-refractivity contribution is -0.142. The Labute approximate surface area is 196 Å². The van der Waals surface area contributed by atoms with Crippen molar-refractivity contribution in [3.63, 3.8) is 0 Å². The molecule has 0 aliphatic heterocycles. The second-order valence-electron chi connectivity index (χ2n) is 7.82. The van der Waals surface area contributed by atoms with E-state index in [1.165, 1.54) is 13.3 Å². The van der Waals surface area contributed by atoms with Crippen LogP contribution in [0, 0.1) is 0 Å². The average molecular weight is 461 g/mol. The van der Waals surface area contributed by atoms with Crippen molar-refractivity contribution in [1.29, 1.82) is 0 Å². The number of nitrogens with zero attached hydrogens (tertiary/aromatic N) is 3. The molecular formula is C25H24N4O3S. The van der Waals surface area contributed by atoms with Crippen LogP contribution in [-0.2, 0) is 16.1 Å². The third-order valence-corrected chi connectivity index (χ3v) is 6.00. The van der Waals surface area contributed by atoms with Crippen molar-refractivity contribution in [2.75, 3.05) is 5.32 Å². The van der Waals surface area contributed by atoms with Gasteiger partial charge in [0.2, 0.25) is 0 Å². The third-order valence-electron chi connectivity index (χ3n) is 4.91. The Morgan fingerprint density at radius 2 is 1.88 bits per heavy atom. The highest BCUT2D eigenvalue weighted by Gasteiger charge is 2.12. The maximum atomic E-state index is 11.3. The minimum atomic E-state index is -0.333. The predicted octanol–water partition coefficient (Wildman–Crippen LogP) is 5.81. The summed E-state index contributed by atoms with van der Waals surface area (Å²) in [5.41, 5.74) is 3.26. The van der Waals surface area contributed by atoms with Gasteiger partial charge in [-0.3, -0.25) is 4.79 Å². The average Bonchev–Trinajstić information content (AvgIpc) is 2.80. The van der Waals surface area contributed by atoms with Gasteiger partial charge in [0.05, 0.1) is 11.1 Å². The smallest absolute Gasteiger partial charge is 0.302 e. The molecule has 0 aliphatic carbocycles. The monoisotopic (exact) mass is 460 g/mol. The van der Waals surface area contributed by atoms with Crippen LogP contribution < -0.4 is 5.32 Å². The lowest BCUT2D eigenvalue weighted by atomic mass is 10.1. The Hall–Kier alpha value is -3.65.